The smallest absolute Gasteiger partial charge is 0.0779 e. The van der Waals surface area contributed by atoms with Gasteiger partial charge in [0.2, 0.25) is 0 Å². The first-order valence-corrected chi connectivity index (χ1v) is 8.84. The van der Waals surface area contributed by atoms with Crippen molar-refractivity contribution in [3.8, 4) is 0 Å². The first-order chi connectivity index (χ1) is 10.1. The molecule has 1 aromatic rings. The van der Waals surface area contributed by atoms with Crippen molar-refractivity contribution in [3.63, 3.8) is 0 Å². The molecule has 4 heteroatoms. The zero-order valence-corrected chi connectivity index (χ0v) is 14.5. The Morgan fingerprint density at radius 3 is 3.05 bits per heavy atom. The van der Waals surface area contributed by atoms with Crippen LogP contribution in [0.15, 0.2) is 22.7 Å². The lowest BCUT2D eigenvalue weighted by molar-refractivity contribution is 0.0255. The van der Waals surface area contributed by atoms with E-state index in [4.69, 9.17) is 4.74 Å². The monoisotopic (exact) mass is 352 g/mol. The summed E-state index contributed by atoms with van der Waals surface area (Å²) in [5, 5.41) is 3.55. The number of nitrogens with zero attached hydrogens (tertiary/aromatic N) is 1. The average molecular weight is 353 g/mol. The van der Waals surface area contributed by atoms with Gasteiger partial charge in [-0.2, -0.15) is 0 Å². The molecule has 1 aliphatic carbocycles. The van der Waals surface area contributed by atoms with Gasteiger partial charge in [-0.25, -0.2) is 0 Å². The highest BCUT2D eigenvalue weighted by Gasteiger charge is 2.36. The largest absolute Gasteiger partial charge is 0.374 e. The summed E-state index contributed by atoms with van der Waals surface area (Å²) in [6.07, 6.45) is 4.21. The summed E-state index contributed by atoms with van der Waals surface area (Å²) in [6, 6.07) is 7.75. The van der Waals surface area contributed by atoms with Crippen LogP contribution < -0.4 is 10.2 Å². The van der Waals surface area contributed by atoms with Gasteiger partial charge in [-0.15, -0.1) is 0 Å². The second kappa shape index (κ2) is 6.67. The lowest BCUT2D eigenvalue weighted by Gasteiger charge is -2.40. The molecular formula is C17H25BrN2O. The van der Waals surface area contributed by atoms with Crippen LogP contribution in [0, 0.1) is 0 Å². The summed E-state index contributed by atoms with van der Waals surface area (Å²) in [5.74, 6) is 0. The molecule has 3 rings (SSSR count). The van der Waals surface area contributed by atoms with E-state index in [1.807, 2.05) is 0 Å². The zero-order chi connectivity index (χ0) is 14.8. The summed E-state index contributed by atoms with van der Waals surface area (Å²) < 4.78 is 7.10. The molecule has 1 saturated carbocycles. The Labute approximate surface area is 136 Å². The molecule has 0 radical (unpaired) electrons. The van der Waals surface area contributed by atoms with Crippen LogP contribution in [-0.2, 0) is 11.3 Å². The summed E-state index contributed by atoms with van der Waals surface area (Å²) in [4.78, 5) is 2.59. The van der Waals surface area contributed by atoms with Crippen LogP contribution >= 0.6 is 15.9 Å². The van der Waals surface area contributed by atoms with Crippen molar-refractivity contribution in [1.29, 1.82) is 0 Å². The quantitative estimate of drug-likeness (QED) is 0.893. The third-order valence-corrected chi connectivity index (χ3v) is 5.03. The lowest BCUT2D eigenvalue weighted by Crippen LogP contribution is -2.49. The predicted octanol–water partition coefficient (Wildman–Crippen LogP) is 3.70. The van der Waals surface area contributed by atoms with E-state index in [2.05, 4.69) is 58.2 Å². The number of anilines is 1. The highest BCUT2D eigenvalue weighted by Crippen LogP contribution is 2.35. The van der Waals surface area contributed by atoms with E-state index in [1.165, 1.54) is 30.5 Å². The number of benzene rings is 1. The Balaban J connectivity index is 1.86. The molecule has 1 aromatic carbocycles. The van der Waals surface area contributed by atoms with Crippen LogP contribution in [0.4, 0.5) is 5.69 Å². The van der Waals surface area contributed by atoms with Gasteiger partial charge < -0.3 is 15.0 Å². The fourth-order valence-electron chi connectivity index (χ4n) is 3.51. The third-order valence-electron chi connectivity index (χ3n) is 4.53. The van der Waals surface area contributed by atoms with Crippen LogP contribution in [-0.4, -0.2) is 31.3 Å². The van der Waals surface area contributed by atoms with Gasteiger partial charge >= 0.3 is 0 Å². The number of hydrogen-bond acceptors (Lipinski definition) is 3. The molecule has 2 atom stereocenters. The van der Waals surface area contributed by atoms with E-state index < -0.39 is 0 Å². The second-order valence-electron chi connectivity index (χ2n) is 6.41. The van der Waals surface area contributed by atoms with Crippen molar-refractivity contribution in [2.45, 2.75) is 57.8 Å². The molecular weight excluding hydrogens is 328 g/mol. The minimum Gasteiger partial charge on any atom is -0.374 e. The molecule has 116 valence electrons. The molecule has 3 nitrogen and oxygen atoms in total. The molecule has 2 unspecified atom stereocenters. The Bertz CT molecular complexity index is 492. The number of ether oxygens (including phenoxy) is 1. The molecule has 2 aliphatic rings. The number of fused-ring (bicyclic) bond motifs is 1. The van der Waals surface area contributed by atoms with Gasteiger partial charge in [0.1, 0.15) is 0 Å². The number of hydrogen-bond donors (Lipinski definition) is 1. The third kappa shape index (κ3) is 3.43. The molecule has 1 N–H and O–H groups in total. The Hall–Kier alpha value is -0.580. The van der Waals surface area contributed by atoms with E-state index in [1.54, 1.807) is 0 Å². The maximum atomic E-state index is 5.95. The van der Waals surface area contributed by atoms with Crippen molar-refractivity contribution >= 4 is 21.6 Å². The number of morpholine rings is 1. The van der Waals surface area contributed by atoms with Gasteiger partial charge in [-0.3, -0.25) is 0 Å². The average Bonchev–Trinajstić information content (AvgIpc) is 2.93. The highest BCUT2D eigenvalue weighted by molar-refractivity contribution is 9.10. The molecule has 0 aromatic heterocycles. The standard InChI is InChI=1S/C17H25BrN2O/c1-12(2)19-11-13-10-14(18)6-7-15(13)20-8-9-21-17-5-3-4-16(17)20/h6-7,10,12,16-17,19H,3-5,8-9,11H2,1-2H3. The summed E-state index contributed by atoms with van der Waals surface area (Å²) in [7, 11) is 0. The van der Waals surface area contributed by atoms with E-state index in [9.17, 15) is 0 Å². The van der Waals surface area contributed by atoms with Crippen molar-refractivity contribution in [2.75, 3.05) is 18.1 Å². The molecule has 1 saturated heterocycles. The number of nitrogens with one attached hydrogen (secondary N) is 1. The van der Waals surface area contributed by atoms with Gasteiger partial charge in [-0.1, -0.05) is 29.8 Å². The first kappa shape index (κ1) is 15.3. The SMILES string of the molecule is CC(C)NCc1cc(Br)ccc1N1CCOC2CCCC21. The van der Waals surface area contributed by atoms with Gasteiger partial charge in [0.05, 0.1) is 18.8 Å². The van der Waals surface area contributed by atoms with Crippen LogP contribution in [0.5, 0.6) is 0 Å². The second-order valence-corrected chi connectivity index (χ2v) is 7.33. The molecule has 2 fully saturated rings. The van der Waals surface area contributed by atoms with Gasteiger partial charge in [-0.05, 0) is 43.0 Å². The van der Waals surface area contributed by atoms with E-state index in [0.29, 0.717) is 18.2 Å². The molecule has 1 aliphatic heterocycles. The van der Waals surface area contributed by atoms with E-state index >= 15 is 0 Å². The summed E-state index contributed by atoms with van der Waals surface area (Å²) in [6.45, 7) is 7.17. The maximum absolute atomic E-state index is 5.95. The zero-order valence-electron chi connectivity index (χ0n) is 12.9. The minimum absolute atomic E-state index is 0.438. The molecule has 0 bridgehead atoms. The predicted molar refractivity (Wildman–Crippen MR) is 90.8 cm³/mol. The topological polar surface area (TPSA) is 24.5 Å². The van der Waals surface area contributed by atoms with Crippen molar-refractivity contribution in [1.82, 2.24) is 5.32 Å². The molecule has 0 amide bonds. The number of halogens is 1. The Morgan fingerprint density at radius 1 is 1.38 bits per heavy atom. The molecule has 21 heavy (non-hydrogen) atoms. The van der Waals surface area contributed by atoms with Gasteiger partial charge in [0.15, 0.2) is 0 Å². The maximum Gasteiger partial charge on any atom is 0.0779 e. The van der Waals surface area contributed by atoms with Crippen molar-refractivity contribution in [3.05, 3.63) is 28.2 Å². The van der Waals surface area contributed by atoms with Crippen molar-refractivity contribution in [2.24, 2.45) is 0 Å². The van der Waals surface area contributed by atoms with Gasteiger partial charge in [0, 0.05) is 29.3 Å². The molecule has 0 spiro atoms. The summed E-state index contributed by atoms with van der Waals surface area (Å²) in [5.41, 5.74) is 2.76. The van der Waals surface area contributed by atoms with Crippen LogP contribution in [0.25, 0.3) is 0 Å². The van der Waals surface area contributed by atoms with Crippen LogP contribution in [0.1, 0.15) is 38.7 Å². The van der Waals surface area contributed by atoms with E-state index in [0.717, 1.165) is 24.2 Å². The highest BCUT2D eigenvalue weighted by atomic mass is 79.9. The molecule has 1 heterocycles. The van der Waals surface area contributed by atoms with Crippen LogP contribution in [0.3, 0.4) is 0 Å². The normalized spacial score (nSPS) is 25.4. The minimum atomic E-state index is 0.438. The number of rotatable bonds is 4. The van der Waals surface area contributed by atoms with Crippen LogP contribution in [0.2, 0.25) is 0 Å². The van der Waals surface area contributed by atoms with Crippen molar-refractivity contribution < 1.29 is 4.74 Å². The van der Waals surface area contributed by atoms with E-state index in [-0.39, 0.29) is 0 Å². The fourth-order valence-corrected chi connectivity index (χ4v) is 3.92. The fraction of sp³-hybridized carbons (Fsp3) is 0.647. The summed E-state index contributed by atoms with van der Waals surface area (Å²) >= 11 is 3.61. The Morgan fingerprint density at radius 2 is 2.24 bits per heavy atom. The van der Waals surface area contributed by atoms with Gasteiger partial charge in [0.25, 0.3) is 0 Å². The Kier molecular flexibility index (Phi) is 4.87. The lowest BCUT2D eigenvalue weighted by atomic mass is 10.1. The first-order valence-electron chi connectivity index (χ1n) is 8.05.